The lowest BCUT2D eigenvalue weighted by molar-refractivity contribution is 0.133. The molecule has 0 radical (unpaired) electrons. The third kappa shape index (κ3) is 4.94. The maximum absolute atomic E-state index is 9.40. The molecule has 0 N–H and O–H groups in total. The van der Waals surface area contributed by atoms with E-state index in [4.69, 9.17) is 0 Å². The molecule has 8 atom stereocenters. The molecule has 8 unspecified atom stereocenters. The van der Waals surface area contributed by atoms with Crippen molar-refractivity contribution in [2.75, 3.05) is 0 Å². The first kappa shape index (κ1) is 34.6. The third-order valence-electron chi connectivity index (χ3n) is 16.3. The molecule has 0 heterocycles. The molecule has 0 aromatic heterocycles. The Hall–Kier alpha value is -5.45. The highest BCUT2D eigenvalue weighted by molar-refractivity contribution is 6.08. The van der Waals surface area contributed by atoms with Gasteiger partial charge >= 0.3 is 0 Å². The molecule has 6 aromatic rings. The Morgan fingerprint density at radius 1 is 0.517 bits per heavy atom. The van der Waals surface area contributed by atoms with Crippen LogP contribution in [0.4, 0.5) is 0 Å². The molecular weight excluding hydrogens is 699 g/mol. The maximum atomic E-state index is 9.40. The molecule has 0 spiro atoms. The molecule has 0 bridgehead atoms. The van der Waals surface area contributed by atoms with Crippen molar-refractivity contribution >= 4 is 21.9 Å². The fourth-order valence-corrected chi connectivity index (χ4v) is 14.5. The van der Waals surface area contributed by atoms with Crippen LogP contribution in [0.5, 0.6) is 0 Å². The lowest BCUT2D eigenvalue weighted by Crippen LogP contribution is -2.38. The molecule has 6 aromatic carbocycles. The Bertz CT molecular complexity index is 2720. The van der Waals surface area contributed by atoms with Gasteiger partial charge in [0, 0.05) is 11.8 Å². The summed E-state index contributed by atoms with van der Waals surface area (Å²) in [7, 11) is 0. The molecule has 58 heavy (non-hydrogen) atoms. The molecule has 0 aliphatic heterocycles. The number of hydrogen-bond donors (Lipinski definition) is 0. The fourth-order valence-electron chi connectivity index (χ4n) is 14.5. The molecule has 6 aliphatic carbocycles. The highest BCUT2D eigenvalue weighted by Crippen LogP contribution is 2.71. The lowest BCUT2D eigenvalue weighted by Gasteiger charge is -2.50. The van der Waals surface area contributed by atoms with Gasteiger partial charge in [0.05, 0.1) is 11.6 Å². The summed E-state index contributed by atoms with van der Waals surface area (Å²) in [5.74, 6) is 5.68. The van der Waals surface area contributed by atoms with Gasteiger partial charge in [-0.05, 0) is 182 Å². The van der Waals surface area contributed by atoms with Crippen molar-refractivity contribution in [3.05, 3.63) is 177 Å². The zero-order chi connectivity index (χ0) is 38.6. The summed E-state index contributed by atoms with van der Waals surface area (Å²) in [6.45, 7) is 4.56. The summed E-state index contributed by atoms with van der Waals surface area (Å²) in [6, 6.07) is 50.6. The van der Waals surface area contributed by atoms with E-state index >= 15 is 0 Å². The van der Waals surface area contributed by atoms with Crippen LogP contribution < -0.4 is 0 Å². The summed E-state index contributed by atoms with van der Waals surface area (Å²) in [5.41, 5.74) is 21.1. The van der Waals surface area contributed by atoms with Crippen LogP contribution in [0.3, 0.4) is 0 Å². The van der Waals surface area contributed by atoms with Gasteiger partial charge in [0.2, 0.25) is 0 Å². The lowest BCUT2D eigenvalue weighted by atomic mass is 9.54. The Labute approximate surface area is 344 Å². The summed E-state index contributed by atoms with van der Waals surface area (Å²) >= 11 is 0. The van der Waals surface area contributed by atoms with Gasteiger partial charge in [-0.1, -0.05) is 135 Å². The number of rotatable bonds is 4. The minimum absolute atomic E-state index is 0.283. The van der Waals surface area contributed by atoms with E-state index in [1.54, 1.807) is 22.3 Å². The van der Waals surface area contributed by atoms with Crippen LogP contribution in [0.25, 0.3) is 44.2 Å². The number of aryl methyl sites for hydroxylation is 2. The van der Waals surface area contributed by atoms with Crippen LogP contribution in [0.15, 0.2) is 139 Å². The summed E-state index contributed by atoms with van der Waals surface area (Å²) in [4.78, 5) is 0. The molecular formula is C57H51N. The number of allylic oxidation sites excluding steroid dienone is 4. The number of hydrogen-bond acceptors (Lipinski definition) is 1. The van der Waals surface area contributed by atoms with E-state index in [1.165, 1.54) is 112 Å². The standard InChI is InChI=1S/C57H51N/c1-33-29-39(36-25-23-35(32-58)24-26-36)30-34(2)50(33)44-27-28-47-53-43(44)20-12-22-46(53)56-51(37-13-5-3-6-14-37)49-31-48-41-18-10-9-17-40(41)42-19-11-21-45(54(42)48)55(49)52(57(47)56)38-15-7-4-8-16-38/h3-8,12-16,20,22-30,40-42,45,48,54,56-57H,9-11,17-19,21,31H2,1-2H3. The van der Waals surface area contributed by atoms with Crippen LogP contribution >= 0.6 is 0 Å². The highest BCUT2D eigenvalue weighted by atomic mass is 14.6. The monoisotopic (exact) mass is 749 g/mol. The third-order valence-corrected chi connectivity index (χ3v) is 16.3. The van der Waals surface area contributed by atoms with Gasteiger partial charge in [0.1, 0.15) is 0 Å². The molecule has 1 heteroatoms. The van der Waals surface area contributed by atoms with Crippen LogP contribution in [0.2, 0.25) is 0 Å². The average Bonchev–Trinajstić information content (AvgIpc) is 3.78. The predicted molar refractivity (Wildman–Crippen MR) is 239 cm³/mol. The minimum atomic E-state index is 0.283. The zero-order valence-electron chi connectivity index (χ0n) is 33.8. The second kappa shape index (κ2) is 13.3. The molecule has 4 saturated carbocycles. The fraction of sp³-hybridized carbons (Fsp3) is 0.316. The normalized spacial score (nSPS) is 27.8. The van der Waals surface area contributed by atoms with Gasteiger partial charge in [-0.2, -0.15) is 5.26 Å². The van der Waals surface area contributed by atoms with E-state index in [9.17, 15) is 5.26 Å². The predicted octanol–water partition coefficient (Wildman–Crippen LogP) is 14.6. The van der Waals surface area contributed by atoms with Crippen LogP contribution in [-0.4, -0.2) is 0 Å². The van der Waals surface area contributed by atoms with Crippen molar-refractivity contribution in [2.45, 2.75) is 77.0 Å². The van der Waals surface area contributed by atoms with Crippen molar-refractivity contribution in [3.63, 3.8) is 0 Å². The first-order valence-electron chi connectivity index (χ1n) is 22.3. The van der Waals surface area contributed by atoms with Crippen molar-refractivity contribution in [3.8, 4) is 28.3 Å². The molecule has 4 fully saturated rings. The van der Waals surface area contributed by atoms with E-state index in [2.05, 4.69) is 135 Å². The van der Waals surface area contributed by atoms with Crippen molar-refractivity contribution in [2.24, 2.45) is 35.5 Å². The quantitative estimate of drug-likeness (QED) is 0.176. The summed E-state index contributed by atoms with van der Waals surface area (Å²) in [6.07, 6.45) is 11.3. The SMILES string of the molecule is Cc1cc(-c2ccc(C#N)cc2)cc(C)c1-c1ccc2c3c(cccc13)C1C(c3ccccc3)=C3CC4C5CCCCC5C5CCCC(C3=C(c3ccccc3)C21)C54. The van der Waals surface area contributed by atoms with Gasteiger partial charge in [-0.3, -0.25) is 0 Å². The van der Waals surface area contributed by atoms with Crippen molar-refractivity contribution in [1.29, 1.82) is 5.26 Å². The van der Waals surface area contributed by atoms with Crippen molar-refractivity contribution in [1.82, 2.24) is 0 Å². The Morgan fingerprint density at radius 2 is 1.16 bits per heavy atom. The smallest absolute Gasteiger partial charge is 0.0991 e. The van der Waals surface area contributed by atoms with Crippen molar-refractivity contribution < 1.29 is 0 Å². The Balaban J connectivity index is 1.10. The number of fused-ring (bicyclic) bond motifs is 8. The first-order valence-corrected chi connectivity index (χ1v) is 22.3. The van der Waals surface area contributed by atoms with E-state index < -0.39 is 0 Å². The summed E-state index contributed by atoms with van der Waals surface area (Å²) < 4.78 is 0. The van der Waals surface area contributed by atoms with Gasteiger partial charge in [-0.25, -0.2) is 0 Å². The van der Waals surface area contributed by atoms with Gasteiger partial charge in [0.25, 0.3) is 0 Å². The van der Waals surface area contributed by atoms with Gasteiger partial charge in [-0.15, -0.1) is 0 Å². The first-order chi connectivity index (χ1) is 28.6. The zero-order valence-corrected chi connectivity index (χ0v) is 33.8. The van der Waals surface area contributed by atoms with E-state index in [-0.39, 0.29) is 11.8 Å². The number of nitriles is 1. The average molecular weight is 750 g/mol. The van der Waals surface area contributed by atoms with E-state index in [1.807, 2.05) is 12.1 Å². The van der Waals surface area contributed by atoms with Gasteiger partial charge < -0.3 is 0 Å². The largest absolute Gasteiger partial charge is 0.192 e. The summed E-state index contributed by atoms with van der Waals surface area (Å²) in [5, 5.41) is 12.3. The molecule has 1 nitrogen and oxygen atoms in total. The molecule has 0 amide bonds. The maximum Gasteiger partial charge on any atom is 0.0991 e. The van der Waals surface area contributed by atoms with Gasteiger partial charge in [0.15, 0.2) is 0 Å². The second-order valence-corrected chi connectivity index (χ2v) is 18.8. The molecule has 6 aliphatic rings. The van der Waals surface area contributed by atoms with Crippen LogP contribution in [0, 0.1) is 60.7 Å². The highest BCUT2D eigenvalue weighted by Gasteiger charge is 2.59. The second-order valence-electron chi connectivity index (χ2n) is 18.8. The molecule has 0 saturated heterocycles. The minimum Gasteiger partial charge on any atom is -0.192 e. The molecule has 284 valence electrons. The van der Waals surface area contributed by atoms with Crippen LogP contribution in [0.1, 0.15) is 102 Å². The Morgan fingerprint density at radius 3 is 1.86 bits per heavy atom. The van der Waals surface area contributed by atoms with E-state index in [0.29, 0.717) is 11.5 Å². The number of benzene rings is 6. The Kier molecular flexibility index (Phi) is 7.92. The number of nitrogens with zero attached hydrogens (tertiary/aromatic N) is 1. The topological polar surface area (TPSA) is 23.8 Å². The van der Waals surface area contributed by atoms with E-state index in [0.717, 1.165) is 35.2 Å². The van der Waals surface area contributed by atoms with Crippen LogP contribution in [-0.2, 0) is 0 Å². The molecule has 12 rings (SSSR count).